The van der Waals surface area contributed by atoms with Crippen LogP contribution in [0.3, 0.4) is 0 Å². The molecule has 0 fully saturated rings. The maximum Gasteiger partial charge on any atom is 0.416 e. The Morgan fingerprint density at radius 1 is 1.37 bits per heavy atom. The third-order valence-corrected chi connectivity index (χ3v) is 3.07. The van der Waals surface area contributed by atoms with Crippen molar-refractivity contribution in [1.82, 2.24) is 20.6 Å². The van der Waals surface area contributed by atoms with Crippen LogP contribution in [0.2, 0.25) is 0 Å². The first-order valence-corrected chi connectivity index (χ1v) is 6.04. The fourth-order valence-corrected chi connectivity index (χ4v) is 1.95. The van der Waals surface area contributed by atoms with Gasteiger partial charge in [0.2, 0.25) is 0 Å². The van der Waals surface area contributed by atoms with Gasteiger partial charge in [-0.15, -0.1) is 10.2 Å². The van der Waals surface area contributed by atoms with E-state index >= 15 is 0 Å². The number of benzene rings is 1. The second-order valence-electron chi connectivity index (χ2n) is 3.83. The fraction of sp³-hybridized carbons (Fsp3) is 0.300. The van der Waals surface area contributed by atoms with Crippen molar-refractivity contribution in [2.24, 2.45) is 0 Å². The van der Waals surface area contributed by atoms with Crippen molar-refractivity contribution in [2.45, 2.75) is 19.1 Å². The minimum atomic E-state index is -4.36. The predicted octanol–water partition coefficient (Wildman–Crippen LogP) is 3.15. The van der Waals surface area contributed by atoms with Gasteiger partial charge in [-0.05, 0) is 41.1 Å². The summed E-state index contributed by atoms with van der Waals surface area (Å²) in [4.78, 5) is 0. The lowest BCUT2D eigenvalue weighted by atomic mass is 10.2. The van der Waals surface area contributed by atoms with Gasteiger partial charge in [-0.1, -0.05) is 5.21 Å². The molecule has 1 atom stereocenters. The molecule has 2 N–H and O–H groups in total. The zero-order chi connectivity index (χ0) is 14.0. The summed E-state index contributed by atoms with van der Waals surface area (Å²) in [5, 5.41) is 16.3. The van der Waals surface area contributed by atoms with Crippen LogP contribution in [0.4, 0.5) is 18.9 Å². The summed E-state index contributed by atoms with van der Waals surface area (Å²) in [7, 11) is 0. The standard InChI is InChI=1S/C10H9BrF3N5/c1-5(9-16-18-19-17-9)15-8-3-2-6(4-7(8)11)10(12,13)14/h2-5,15H,1H3,(H,16,17,18,19). The molecular weight excluding hydrogens is 327 g/mol. The van der Waals surface area contributed by atoms with Crippen LogP contribution in [0, 0.1) is 0 Å². The summed E-state index contributed by atoms with van der Waals surface area (Å²) in [5.74, 6) is 0.423. The average molecular weight is 336 g/mol. The summed E-state index contributed by atoms with van der Waals surface area (Å²) >= 11 is 3.10. The van der Waals surface area contributed by atoms with E-state index in [1.807, 2.05) is 0 Å². The Morgan fingerprint density at radius 3 is 2.63 bits per heavy atom. The number of hydrogen-bond donors (Lipinski definition) is 2. The lowest BCUT2D eigenvalue weighted by Crippen LogP contribution is -2.10. The number of hydrogen-bond acceptors (Lipinski definition) is 4. The number of nitrogens with zero attached hydrogens (tertiary/aromatic N) is 3. The van der Waals surface area contributed by atoms with Crippen molar-refractivity contribution in [1.29, 1.82) is 0 Å². The summed E-state index contributed by atoms with van der Waals surface area (Å²) in [6.45, 7) is 1.77. The molecule has 0 bridgehead atoms. The van der Waals surface area contributed by atoms with Crippen LogP contribution in [0.5, 0.6) is 0 Å². The molecule has 1 unspecified atom stereocenters. The molecule has 2 aromatic rings. The van der Waals surface area contributed by atoms with Gasteiger partial charge in [0.25, 0.3) is 0 Å². The monoisotopic (exact) mass is 335 g/mol. The van der Waals surface area contributed by atoms with E-state index in [9.17, 15) is 13.2 Å². The SMILES string of the molecule is CC(Nc1ccc(C(F)(F)F)cc1Br)c1nn[nH]n1. The minimum Gasteiger partial charge on any atom is -0.374 e. The van der Waals surface area contributed by atoms with Crippen LogP contribution in [0.15, 0.2) is 22.7 Å². The lowest BCUT2D eigenvalue weighted by Gasteiger charge is -2.15. The Morgan fingerprint density at radius 2 is 2.11 bits per heavy atom. The third-order valence-electron chi connectivity index (χ3n) is 2.42. The Balaban J connectivity index is 2.18. The van der Waals surface area contributed by atoms with Gasteiger partial charge >= 0.3 is 6.18 Å². The summed E-state index contributed by atoms with van der Waals surface area (Å²) < 4.78 is 37.9. The summed E-state index contributed by atoms with van der Waals surface area (Å²) in [5.41, 5.74) is -0.192. The van der Waals surface area contributed by atoms with Gasteiger partial charge in [-0.25, -0.2) is 0 Å². The third kappa shape index (κ3) is 3.22. The number of nitrogens with one attached hydrogen (secondary N) is 2. The zero-order valence-electron chi connectivity index (χ0n) is 9.66. The number of anilines is 1. The van der Waals surface area contributed by atoms with Gasteiger partial charge in [0.15, 0.2) is 5.82 Å². The molecule has 5 nitrogen and oxygen atoms in total. The van der Waals surface area contributed by atoms with Gasteiger partial charge in [0.05, 0.1) is 11.6 Å². The van der Waals surface area contributed by atoms with E-state index in [0.29, 0.717) is 16.0 Å². The van der Waals surface area contributed by atoms with E-state index in [0.717, 1.165) is 12.1 Å². The molecule has 0 amide bonds. The van der Waals surface area contributed by atoms with E-state index in [1.165, 1.54) is 6.07 Å². The van der Waals surface area contributed by atoms with E-state index in [1.54, 1.807) is 6.92 Å². The van der Waals surface area contributed by atoms with Crippen LogP contribution in [0.1, 0.15) is 24.4 Å². The molecule has 9 heteroatoms. The minimum absolute atomic E-state index is 0.285. The molecule has 0 saturated carbocycles. The van der Waals surface area contributed by atoms with Crippen molar-refractivity contribution in [3.8, 4) is 0 Å². The predicted molar refractivity (Wildman–Crippen MR) is 65.4 cm³/mol. The summed E-state index contributed by atoms with van der Waals surface area (Å²) in [6, 6.07) is 3.09. The van der Waals surface area contributed by atoms with Gasteiger partial charge in [-0.2, -0.15) is 18.4 Å². The van der Waals surface area contributed by atoms with E-state index in [-0.39, 0.29) is 6.04 Å². The number of tetrazole rings is 1. The molecule has 0 spiro atoms. The van der Waals surface area contributed by atoms with Crippen molar-refractivity contribution in [2.75, 3.05) is 5.32 Å². The van der Waals surface area contributed by atoms with Crippen LogP contribution in [-0.4, -0.2) is 20.6 Å². The maximum atomic E-state index is 12.5. The number of aromatic nitrogens is 4. The molecule has 0 aliphatic carbocycles. The molecule has 0 aliphatic rings. The number of halogens is 4. The van der Waals surface area contributed by atoms with Crippen LogP contribution in [-0.2, 0) is 6.18 Å². The Labute approximate surface area is 114 Å². The van der Waals surface area contributed by atoms with Gasteiger partial charge in [0, 0.05) is 10.2 Å². The average Bonchev–Trinajstić information content (AvgIpc) is 2.84. The number of rotatable bonds is 3. The van der Waals surface area contributed by atoms with E-state index < -0.39 is 11.7 Å². The first-order chi connectivity index (χ1) is 8.88. The molecule has 19 heavy (non-hydrogen) atoms. The zero-order valence-corrected chi connectivity index (χ0v) is 11.2. The molecule has 1 aromatic carbocycles. The number of aromatic amines is 1. The molecule has 0 aliphatic heterocycles. The van der Waals surface area contributed by atoms with Gasteiger partial charge in [0.1, 0.15) is 0 Å². The highest BCUT2D eigenvalue weighted by Gasteiger charge is 2.30. The fourth-order valence-electron chi connectivity index (χ4n) is 1.46. The van der Waals surface area contributed by atoms with Gasteiger partial charge in [-0.3, -0.25) is 0 Å². The molecule has 2 rings (SSSR count). The van der Waals surface area contributed by atoms with Crippen LogP contribution >= 0.6 is 15.9 Å². The smallest absolute Gasteiger partial charge is 0.374 e. The van der Waals surface area contributed by atoms with Crippen LogP contribution in [0.25, 0.3) is 0 Å². The van der Waals surface area contributed by atoms with Crippen molar-refractivity contribution >= 4 is 21.6 Å². The van der Waals surface area contributed by atoms with Crippen molar-refractivity contribution < 1.29 is 13.2 Å². The second kappa shape index (κ2) is 5.16. The highest BCUT2D eigenvalue weighted by Crippen LogP contribution is 2.34. The Kier molecular flexibility index (Phi) is 3.74. The highest BCUT2D eigenvalue weighted by molar-refractivity contribution is 9.10. The number of alkyl halides is 3. The molecule has 0 saturated heterocycles. The molecular formula is C10H9BrF3N5. The maximum absolute atomic E-state index is 12.5. The second-order valence-corrected chi connectivity index (χ2v) is 4.68. The van der Waals surface area contributed by atoms with E-state index in [4.69, 9.17) is 0 Å². The molecule has 0 radical (unpaired) electrons. The van der Waals surface area contributed by atoms with Crippen molar-refractivity contribution in [3.63, 3.8) is 0 Å². The Bertz CT molecular complexity index is 555. The highest BCUT2D eigenvalue weighted by atomic mass is 79.9. The van der Waals surface area contributed by atoms with E-state index in [2.05, 4.69) is 41.9 Å². The lowest BCUT2D eigenvalue weighted by molar-refractivity contribution is -0.137. The quantitative estimate of drug-likeness (QED) is 0.904. The van der Waals surface area contributed by atoms with Crippen LogP contribution < -0.4 is 5.32 Å². The van der Waals surface area contributed by atoms with Gasteiger partial charge < -0.3 is 5.32 Å². The number of H-pyrrole nitrogens is 1. The first kappa shape index (κ1) is 13.8. The molecule has 1 aromatic heterocycles. The Hall–Kier alpha value is -1.64. The summed E-state index contributed by atoms with van der Waals surface area (Å²) in [6.07, 6.45) is -4.36. The molecule has 1 heterocycles. The first-order valence-electron chi connectivity index (χ1n) is 5.24. The topological polar surface area (TPSA) is 66.5 Å². The largest absolute Gasteiger partial charge is 0.416 e. The normalized spacial score (nSPS) is 13.3. The molecule has 102 valence electrons. The van der Waals surface area contributed by atoms with Crippen molar-refractivity contribution in [3.05, 3.63) is 34.1 Å².